The fraction of sp³-hybridized carbons (Fsp3) is 0.167. The monoisotopic (exact) mass is 358 g/mol. The summed E-state index contributed by atoms with van der Waals surface area (Å²) in [6, 6.07) is 0. The van der Waals surface area contributed by atoms with E-state index in [1.54, 1.807) is 0 Å². The normalized spacial score (nSPS) is 11.2. The smallest absolute Gasteiger partial charge is 0.167 e. The van der Waals surface area contributed by atoms with Crippen LogP contribution >= 0.6 is 0 Å². The molecule has 1 heterocycles. The van der Waals surface area contributed by atoms with E-state index in [9.17, 15) is 34.8 Å². The Hall–Kier alpha value is -3.55. The number of carbonyl (C=O) groups excluding carboxylic acids is 3. The van der Waals surface area contributed by atoms with Gasteiger partial charge in [-0.15, -0.1) is 0 Å². The van der Waals surface area contributed by atoms with E-state index in [-0.39, 0.29) is 39.4 Å². The molecular weight excluding hydrogens is 344 g/mol. The van der Waals surface area contributed by atoms with Crippen molar-refractivity contribution in [3.05, 3.63) is 22.3 Å². The Morgan fingerprint density at radius 2 is 1.27 bits per heavy atom. The highest BCUT2D eigenvalue weighted by atomic mass is 16.3. The lowest BCUT2D eigenvalue weighted by Crippen LogP contribution is -1.98. The van der Waals surface area contributed by atoms with E-state index < -0.39 is 45.7 Å². The van der Waals surface area contributed by atoms with Crippen LogP contribution in [0.4, 0.5) is 0 Å². The van der Waals surface area contributed by atoms with Gasteiger partial charge in [-0.2, -0.15) is 0 Å². The Kier molecular flexibility index (Phi) is 3.64. The van der Waals surface area contributed by atoms with Crippen molar-refractivity contribution in [2.45, 2.75) is 20.8 Å². The molecule has 0 aliphatic rings. The number of aromatic hydroxyl groups is 4. The van der Waals surface area contributed by atoms with Gasteiger partial charge >= 0.3 is 0 Å². The quantitative estimate of drug-likeness (QED) is 0.413. The highest BCUT2D eigenvalue weighted by Crippen LogP contribution is 2.50. The number of Topliss-reactive ketones (excluding diaryl/α,β-unsaturated/α-hetero) is 2. The summed E-state index contributed by atoms with van der Waals surface area (Å²) < 4.78 is 5.50. The molecule has 0 amide bonds. The zero-order valence-corrected chi connectivity index (χ0v) is 14.0. The maximum absolute atomic E-state index is 11.8. The lowest BCUT2D eigenvalue weighted by Gasteiger charge is -2.10. The molecule has 0 saturated carbocycles. The van der Waals surface area contributed by atoms with Gasteiger partial charge in [0.1, 0.15) is 45.3 Å². The molecule has 3 aromatic rings. The third-order valence-electron chi connectivity index (χ3n) is 4.35. The van der Waals surface area contributed by atoms with Gasteiger partial charge in [-0.05, 0) is 20.8 Å². The minimum absolute atomic E-state index is 0.0827. The largest absolute Gasteiger partial charge is 0.507 e. The number of phenols is 4. The topological polar surface area (TPSA) is 145 Å². The summed E-state index contributed by atoms with van der Waals surface area (Å²) in [5, 5.41) is 41.0. The van der Waals surface area contributed by atoms with Crippen molar-refractivity contribution < 1.29 is 39.2 Å². The first-order valence-corrected chi connectivity index (χ1v) is 7.49. The Morgan fingerprint density at radius 3 is 1.73 bits per heavy atom. The predicted octanol–water partition coefficient (Wildman–Crippen LogP) is 2.93. The molecule has 8 heteroatoms. The molecule has 0 aliphatic heterocycles. The second-order valence-electron chi connectivity index (χ2n) is 5.92. The SMILES string of the molecule is CC(=O)c1c(O)c(C)c2oc3c(C=O)c(O)c(C(C)=O)c(O)c3c2c1O. The molecule has 0 unspecified atom stereocenters. The number of benzene rings is 2. The second-order valence-corrected chi connectivity index (χ2v) is 5.92. The summed E-state index contributed by atoms with van der Waals surface area (Å²) in [5.41, 5.74) is -1.60. The zero-order chi connectivity index (χ0) is 19.5. The Balaban J connectivity index is 2.75. The number of furan rings is 1. The maximum Gasteiger partial charge on any atom is 0.167 e. The Labute approximate surface area is 145 Å². The van der Waals surface area contributed by atoms with Crippen LogP contribution in [0.2, 0.25) is 0 Å². The Morgan fingerprint density at radius 1 is 0.808 bits per heavy atom. The highest BCUT2D eigenvalue weighted by Gasteiger charge is 2.30. The molecule has 0 saturated heterocycles. The first-order chi connectivity index (χ1) is 12.1. The van der Waals surface area contributed by atoms with Crippen LogP contribution in [-0.2, 0) is 0 Å². The van der Waals surface area contributed by atoms with E-state index in [2.05, 4.69) is 0 Å². The predicted molar refractivity (Wildman–Crippen MR) is 90.5 cm³/mol. The molecule has 1 aromatic heterocycles. The number of fused-ring (bicyclic) bond motifs is 3. The third kappa shape index (κ3) is 1.98. The molecule has 26 heavy (non-hydrogen) atoms. The number of carbonyl (C=O) groups is 3. The van der Waals surface area contributed by atoms with Gasteiger partial charge < -0.3 is 24.8 Å². The molecule has 3 rings (SSSR count). The number of aldehydes is 1. The van der Waals surface area contributed by atoms with Crippen molar-refractivity contribution in [1.29, 1.82) is 0 Å². The summed E-state index contributed by atoms with van der Waals surface area (Å²) in [7, 11) is 0. The molecule has 0 bridgehead atoms. The van der Waals surface area contributed by atoms with E-state index in [4.69, 9.17) is 4.42 Å². The standard InChI is InChI=1S/C18H14O8/c1-5-13(22)9(6(2)20)15(24)11-12-16(25)10(7(3)21)14(23)8(4-19)18(12)26-17(5)11/h4,22-25H,1-3H3. The average Bonchev–Trinajstić information content (AvgIpc) is 2.93. The first-order valence-electron chi connectivity index (χ1n) is 7.49. The highest BCUT2D eigenvalue weighted by molar-refractivity contribution is 6.22. The number of phenolic OH excluding ortho intramolecular Hbond substituents is 4. The number of hydrogen-bond acceptors (Lipinski definition) is 8. The molecular formula is C18H14O8. The van der Waals surface area contributed by atoms with Crippen LogP contribution in [0.3, 0.4) is 0 Å². The van der Waals surface area contributed by atoms with Crippen molar-refractivity contribution in [2.75, 3.05) is 0 Å². The van der Waals surface area contributed by atoms with Crippen LogP contribution in [0.25, 0.3) is 21.9 Å². The number of aryl methyl sites for hydroxylation is 1. The molecule has 134 valence electrons. The fourth-order valence-electron chi connectivity index (χ4n) is 3.12. The van der Waals surface area contributed by atoms with Gasteiger partial charge in [0.25, 0.3) is 0 Å². The van der Waals surface area contributed by atoms with Crippen LogP contribution in [0.15, 0.2) is 4.42 Å². The van der Waals surface area contributed by atoms with E-state index in [1.807, 2.05) is 0 Å². The Bertz CT molecular complexity index is 1150. The summed E-state index contributed by atoms with van der Waals surface area (Å²) in [5.74, 6) is -4.00. The second kappa shape index (κ2) is 5.48. The van der Waals surface area contributed by atoms with Gasteiger partial charge in [0.05, 0.1) is 10.8 Å². The number of ketones is 2. The molecule has 0 radical (unpaired) electrons. The first kappa shape index (κ1) is 17.3. The summed E-state index contributed by atoms with van der Waals surface area (Å²) in [4.78, 5) is 35.1. The van der Waals surface area contributed by atoms with Crippen molar-refractivity contribution in [1.82, 2.24) is 0 Å². The van der Waals surface area contributed by atoms with Gasteiger partial charge in [0.2, 0.25) is 0 Å². The van der Waals surface area contributed by atoms with Crippen LogP contribution in [-0.4, -0.2) is 38.3 Å². The van der Waals surface area contributed by atoms with Gasteiger partial charge in [-0.3, -0.25) is 14.4 Å². The van der Waals surface area contributed by atoms with Crippen LogP contribution in [0.1, 0.15) is 50.5 Å². The van der Waals surface area contributed by atoms with Crippen molar-refractivity contribution in [3.8, 4) is 23.0 Å². The van der Waals surface area contributed by atoms with E-state index in [1.165, 1.54) is 6.92 Å². The fourth-order valence-corrected chi connectivity index (χ4v) is 3.12. The van der Waals surface area contributed by atoms with Gasteiger partial charge in [-0.25, -0.2) is 0 Å². The molecule has 0 aliphatic carbocycles. The zero-order valence-electron chi connectivity index (χ0n) is 14.0. The number of rotatable bonds is 3. The van der Waals surface area contributed by atoms with Crippen molar-refractivity contribution >= 4 is 39.8 Å². The third-order valence-corrected chi connectivity index (χ3v) is 4.35. The van der Waals surface area contributed by atoms with Crippen LogP contribution in [0, 0.1) is 6.92 Å². The lowest BCUT2D eigenvalue weighted by atomic mass is 9.96. The summed E-state index contributed by atoms with van der Waals surface area (Å²) in [6.07, 6.45) is 0.240. The van der Waals surface area contributed by atoms with E-state index in [0.717, 1.165) is 13.8 Å². The molecule has 4 N–H and O–H groups in total. The van der Waals surface area contributed by atoms with Gasteiger partial charge in [-0.1, -0.05) is 0 Å². The minimum atomic E-state index is -0.760. The van der Waals surface area contributed by atoms with E-state index in [0.29, 0.717) is 0 Å². The van der Waals surface area contributed by atoms with Gasteiger partial charge in [0, 0.05) is 5.56 Å². The van der Waals surface area contributed by atoms with Crippen LogP contribution in [0.5, 0.6) is 23.0 Å². The van der Waals surface area contributed by atoms with Crippen LogP contribution < -0.4 is 0 Å². The molecule has 2 aromatic carbocycles. The van der Waals surface area contributed by atoms with E-state index >= 15 is 0 Å². The molecule has 8 nitrogen and oxygen atoms in total. The lowest BCUT2D eigenvalue weighted by molar-refractivity contribution is 0.0998. The molecule has 0 atom stereocenters. The number of hydrogen-bond donors (Lipinski definition) is 4. The van der Waals surface area contributed by atoms with Crippen molar-refractivity contribution in [2.24, 2.45) is 0 Å². The molecule has 0 fully saturated rings. The summed E-state index contributed by atoms with van der Waals surface area (Å²) >= 11 is 0. The average molecular weight is 358 g/mol. The van der Waals surface area contributed by atoms with Crippen molar-refractivity contribution in [3.63, 3.8) is 0 Å². The minimum Gasteiger partial charge on any atom is -0.507 e. The maximum atomic E-state index is 11.8. The van der Waals surface area contributed by atoms with Gasteiger partial charge in [0.15, 0.2) is 23.4 Å². The molecule has 0 spiro atoms. The summed E-state index contributed by atoms with van der Waals surface area (Å²) in [6.45, 7) is 3.62.